The van der Waals surface area contributed by atoms with Crippen LogP contribution in [0.1, 0.15) is 31.4 Å². The Bertz CT molecular complexity index is 476. The quantitative estimate of drug-likeness (QED) is 0.871. The van der Waals surface area contributed by atoms with Crippen molar-refractivity contribution in [2.75, 3.05) is 18.0 Å². The number of nitrogens with two attached hydrogens (primary N) is 2. The molecule has 4 N–H and O–H groups in total. The molecule has 0 spiro atoms. The Hall–Kier alpha value is -1.62. The SMILES string of the molecule is C[C@@H](N)c1cccc(F)c1N1CCCC(C(N)=O)C1. The monoisotopic (exact) mass is 265 g/mol. The van der Waals surface area contributed by atoms with Crippen molar-refractivity contribution < 1.29 is 9.18 Å². The summed E-state index contributed by atoms with van der Waals surface area (Å²) in [7, 11) is 0. The largest absolute Gasteiger partial charge is 0.369 e. The number of anilines is 1. The van der Waals surface area contributed by atoms with Crippen LogP contribution in [0.5, 0.6) is 0 Å². The number of nitrogens with zero attached hydrogens (tertiary/aromatic N) is 1. The predicted octanol–water partition coefficient (Wildman–Crippen LogP) is 1.55. The van der Waals surface area contributed by atoms with Crippen LogP contribution in [0.3, 0.4) is 0 Å². The van der Waals surface area contributed by atoms with E-state index in [0.717, 1.165) is 24.9 Å². The average Bonchev–Trinajstić information content (AvgIpc) is 2.38. The van der Waals surface area contributed by atoms with Crippen molar-refractivity contribution in [3.63, 3.8) is 0 Å². The highest BCUT2D eigenvalue weighted by molar-refractivity contribution is 5.77. The number of benzene rings is 1. The molecule has 1 saturated heterocycles. The Balaban J connectivity index is 2.33. The highest BCUT2D eigenvalue weighted by atomic mass is 19.1. The molecule has 104 valence electrons. The fourth-order valence-corrected chi connectivity index (χ4v) is 2.65. The third kappa shape index (κ3) is 2.87. The molecular formula is C14H20FN3O. The van der Waals surface area contributed by atoms with Gasteiger partial charge in [-0.25, -0.2) is 4.39 Å². The molecule has 2 atom stereocenters. The normalized spacial score (nSPS) is 21.2. The number of carbonyl (C=O) groups is 1. The molecule has 19 heavy (non-hydrogen) atoms. The predicted molar refractivity (Wildman–Crippen MR) is 73.1 cm³/mol. The third-order valence-corrected chi connectivity index (χ3v) is 3.65. The van der Waals surface area contributed by atoms with Gasteiger partial charge in [0.25, 0.3) is 0 Å². The molecule has 1 aliphatic heterocycles. The third-order valence-electron chi connectivity index (χ3n) is 3.65. The van der Waals surface area contributed by atoms with Crippen LogP contribution in [0.25, 0.3) is 0 Å². The molecular weight excluding hydrogens is 245 g/mol. The molecule has 2 rings (SSSR count). The van der Waals surface area contributed by atoms with E-state index in [4.69, 9.17) is 11.5 Å². The van der Waals surface area contributed by atoms with Gasteiger partial charge in [0.1, 0.15) is 5.82 Å². The smallest absolute Gasteiger partial charge is 0.222 e. The van der Waals surface area contributed by atoms with Crippen LogP contribution in [-0.2, 0) is 4.79 Å². The van der Waals surface area contributed by atoms with E-state index in [2.05, 4.69) is 0 Å². The summed E-state index contributed by atoms with van der Waals surface area (Å²) < 4.78 is 14.1. The summed E-state index contributed by atoms with van der Waals surface area (Å²) in [4.78, 5) is 13.2. The molecule has 1 heterocycles. The molecule has 1 amide bonds. The van der Waals surface area contributed by atoms with Gasteiger partial charge in [-0.05, 0) is 31.4 Å². The van der Waals surface area contributed by atoms with Crippen molar-refractivity contribution in [3.8, 4) is 0 Å². The summed E-state index contributed by atoms with van der Waals surface area (Å²) in [5.74, 6) is -0.822. The second-order valence-corrected chi connectivity index (χ2v) is 5.15. The van der Waals surface area contributed by atoms with Gasteiger partial charge in [-0.15, -0.1) is 0 Å². The number of hydrogen-bond acceptors (Lipinski definition) is 3. The number of carbonyl (C=O) groups excluding carboxylic acids is 1. The number of hydrogen-bond donors (Lipinski definition) is 2. The molecule has 1 aromatic carbocycles. The maximum absolute atomic E-state index is 14.1. The molecule has 1 fully saturated rings. The van der Waals surface area contributed by atoms with Crippen LogP contribution in [0.15, 0.2) is 18.2 Å². The number of para-hydroxylation sites is 1. The van der Waals surface area contributed by atoms with Crippen molar-refractivity contribution in [3.05, 3.63) is 29.6 Å². The summed E-state index contributed by atoms with van der Waals surface area (Å²) in [6.45, 7) is 3.02. The number of primary amides is 1. The van der Waals surface area contributed by atoms with Crippen molar-refractivity contribution in [2.24, 2.45) is 17.4 Å². The zero-order valence-electron chi connectivity index (χ0n) is 11.1. The van der Waals surface area contributed by atoms with Gasteiger partial charge in [-0.3, -0.25) is 4.79 Å². The lowest BCUT2D eigenvalue weighted by Gasteiger charge is -2.35. The van der Waals surface area contributed by atoms with Gasteiger partial charge < -0.3 is 16.4 Å². The van der Waals surface area contributed by atoms with Crippen LogP contribution < -0.4 is 16.4 Å². The standard InChI is InChI=1S/C14H20FN3O/c1-9(16)11-5-2-6-12(15)13(11)18-7-3-4-10(8-18)14(17)19/h2,5-6,9-10H,3-4,7-8,16H2,1H3,(H2,17,19)/t9-,10?/m1/s1. The van der Waals surface area contributed by atoms with Gasteiger partial charge in [-0.2, -0.15) is 0 Å². The van der Waals surface area contributed by atoms with E-state index in [1.165, 1.54) is 6.07 Å². The molecule has 5 heteroatoms. The second-order valence-electron chi connectivity index (χ2n) is 5.15. The first-order chi connectivity index (χ1) is 9.00. The highest BCUT2D eigenvalue weighted by Crippen LogP contribution is 2.31. The zero-order valence-corrected chi connectivity index (χ0v) is 11.1. The lowest BCUT2D eigenvalue weighted by Crippen LogP contribution is -2.42. The molecule has 4 nitrogen and oxygen atoms in total. The van der Waals surface area contributed by atoms with Crippen molar-refractivity contribution >= 4 is 11.6 Å². The second kappa shape index (κ2) is 5.57. The van der Waals surface area contributed by atoms with Gasteiger partial charge in [0, 0.05) is 19.1 Å². The Kier molecular flexibility index (Phi) is 4.04. The van der Waals surface area contributed by atoms with Crippen molar-refractivity contribution in [1.29, 1.82) is 0 Å². The molecule has 1 aromatic rings. The molecule has 1 unspecified atom stereocenters. The fourth-order valence-electron chi connectivity index (χ4n) is 2.65. The minimum atomic E-state index is -0.316. The van der Waals surface area contributed by atoms with E-state index in [1.54, 1.807) is 6.07 Å². The molecule has 0 aliphatic carbocycles. The summed E-state index contributed by atoms with van der Waals surface area (Å²) in [6, 6.07) is 4.67. The van der Waals surface area contributed by atoms with Gasteiger partial charge in [-0.1, -0.05) is 12.1 Å². The number of halogens is 1. The molecule has 0 aromatic heterocycles. The Morgan fingerprint density at radius 3 is 2.89 bits per heavy atom. The van der Waals surface area contributed by atoms with Crippen LogP contribution in [0, 0.1) is 11.7 Å². The molecule has 0 bridgehead atoms. The van der Waals surface area contributed by atoms with E-state index in [1.807, 2.05) is 17.9 Å². The number of piperidine rings is 1. The van der Waals surface area contributed by atoms with Crippen LogP contribution in [0.2, 0.25) is 0 Å². The van der Waals surface area contributed by atoms with Crippen LogP contribution in [0.4, 0.5) is 10.1 Å². The Morgan fingerprint density at radius 1 is 1.53 bits per heavy atom. The van der Waals surface area contributed by atoms with E-state index >= 15 is 0 Å². The van der Waals surface area contributed by atoms with Crippen LogP contribution >= 0.6 is 0 Å². The van der Waals surface area contributed by atoms with E-state index in [0.29, 0.717) is 12.2 Å². The van der Waals surface area contributed by atoms with Gasteiger partial charge in [0.05, 0.1) is 11.6 Å². The van der Waals surface area contributed by atoms with Crippen molar-refractivity contribution in [2.45, 2.75) is 25.8 Å². The van der Waals surface area contributed by atoms with E-state index in [-0.39, 0.29) is 23.7 Å². The average molecular weight is 265 g/mol. The maximum Gasteiger partial charge on any atom is 0.222 e. The van der Waals surface area contributed by atoms with E-state index < -0.39 is 0 Å². The van der Waals surface area contributed by atoms with Crippen LogP contribution in [-0.4, -0.2) is 19.0 Å². The molecule has 0 saturated carbocycles. The van der Waals surface area contributed by atoms with Gasteiger partial charge in [0.2, 0.25) is 5.91 Å². The van der Waals surface area contributed by atoms with E-state index in [9.17, 15) is 9.18 Å². The minimum Gasteiger partial charge on any atom is -0.369 e. The maximum atomic E-state index is 14.1. The first-order valence-corrected chi connectivity index (χ1v) is 6.59. The number of rotatable bonds is 3. The summed E-state index contributed by atoms with van der Waals surface area (Å²) in [6.07, 6.45) is 1.61. The summed E-state index contributed by atoms with van der Waals surface area (Å²) in [5.41, 5.74) is 12.5. The lowest BCUT2D eigenvalue weighted by atomic mass is 9.95. The minimum absolute atomic E-state index is 0.214. The van der Waals surface area contributed by atoms with Gasteiger partial charge >= 0.3 is 0 Å². The highest BCUT2D eigenvalue weighted by Gasteiger charge is 2.27. The Labute approximate surface area is 112 Å². The summed E-state index contributed by atoms with van der Waals surface area (Å²) >= 11 is 0. The Morgan fingerprint density at radius 2 is 2.26 bits per heavy atom. The molecule has 0 radical (unpaired) electrons. The first kappa shape index (κ1) is 13.8. The first-order valence-electron chi connectivity index (χ1n) is 6.59. The van der Waals surface area contributed by atoms with Crippen molar-refractivity contribution in [1.82, 2.24) is 0 Å². The number of amides is 1. The lowest BCUT2D eigenvalue weighted by molar-refractivity contribution is -0.122. The van der Waals surface area contributed by atoms with Gasteiger partial charge in [0.15, 0.2) is 0 Å². The zero-order chi connectivity index (χ0) is 14.0. The molecule has 1 aliphatic rings. The summed E-state index contributed by atoms with van der Waals surface area (Å²) in [5, 5.41) is 0. The topological polar surface area (TPSA) is 72.3 Å². The fraction of sp³-hybridized carbons (Fsp3) is 0.500.